The van der Waals surface area contributed by atoms with Gasteiger partial charge >= 0.3 is 11.8 Å². The van der Waals surface area contributed by atoms with Crippen LogP contribution in [-0.2, 0) is 0 Å². The van der Waals surface area contributed by atoms with Crippen molar-refractivity contribution in [3.8, 4) is 0 Å². The van der Waals surface area contributed by atoms with Crippen LogP contribution in [0.4, 0.5) is 4.79 Å². The zero-order valence-electron chi connectivity index (χ0n) is 16.1. The van der Waals surface area contributed by atoms with Gasteiger partial charge in [-0.2, -0.15) is 0 Å². The minimum atomic E-state index is -0.876. The van der Waals surface area contributed by atoms with Crippen LogP contribution in [0.25, 0.3) is 11.3 Å². The molecule has 0 radical (unpaired) electrons. The molecule has 0 aliphatic heterocycles. The molecule has 1 N–H and O–H groups in total. The molecule has 0 unspecified atom stereocenters. The number of carboxylic acid groups (broad SMARTS) is 1. The van der Waals surface area contributed by atoms with Crippen molar-refractivity contribution in [1.82, 2.24) is 24.0 Å². The van der Waals surface area contributed by atoms with E-state index in [0.717, 1.165) is 38.5 Å². The number of hydrogen-bond donors (Lipinski definition) is 1. The highest BCUT2D eigenvalue weighted by Gasteiger charge is 2.38. The lowest BCUT2D eigenvalue weighted by Gasteiger charge is -2.42. The quantitative estimate of drug-likeness (QED) is 0.892. The van der Waals surface area contributed by atoms with Gasteiger partial charge in [-0.1, -0.05) is 0 Å². The van der Waals surface area contributed by atoms with E-state index in [-0.39, 0.29) is 23.8 Å². The van der Waals surface area contributed by atoms with E-state index in [1.54, 1.807) is 26.4 Å². The first-order valence-electron chi connectivity index (χ1n) is 9.74. The van der Waals surface area contributed by atoms with Gasteiger partial charge in [-0.05, 0) is 59.3 Å². The summed E-state index contributed by atoms with van der Waals surface area (Å²) in [4.78, 5) is 35.3. The van der Waals surface area contributed by atoms with E-state index in [1.807, 2.05) is 20.8 Å². The number of rotatable bonds is 3. The Hall–Kier alpha value is -2.38. The molecule has 1 amide bonds. The summed E-state index contributed by atoms with van der Waals surface area (Å²) in [6.07, 6.45) is 7.45. The molecule has 0 spiro atoms. The van der Waals surface area contributed by atoms with Crippen LogP contribution in [0.1, 0.15) is 71.4 Å². The molecule has 4 rings (SSSR count). The minimum Gasteiger partial charge on any atom is -0.465 e. The van der Waals surface area contributed by atoms with Crippen LogP contribution in [0.2, 0.25) is 0 Å². The smallest absolute Gasteiger partial charge is 0.407 e. The Bertz CT molecular complexity index is 914. The van der Waals surface area contributed by atoms with Gasteiger partial charge in [-0.3, -0.25) is 9.13 Å². The Morgan fingerprint density at radius 1 is 1.00 bits per heavy atom. The van der Waals surface area contributed by atoms with Crippen LogP contribution in [-0.4, -0.2) is 46.8 Å². The fourth-order valence-corrected chi connectivity index (χ4v) is 4.52. The normalized spacial score (nSPS) is 23.5. The molecule has 27 heavy (non-hydrogen) atoms. The number of imidazole rings is 1. The Balaban J connectivity index is 1.62. The monoisotopic (exact) mass is 373 g/mol. The second kappa shape index (κ2) is 6.35. The molecule has 0 atom stereocenters. The second-order valence-electron chi connectivity index (χ2n) is 8.74. The molecule has 146 valence electrons. The fraction of sp³-hybridized carbons (Fsp3) is 0.684. The third-order valence-corrected chi connectivity index (χ3v) is 5.77. The Morgan fingerprint density at radius 2 is 1.44 bits per heavy atom. The Morgan fingerprint density at radius 3 is 1.81 bits per heavy atom. The van der Waals surface area contributed by atoms with Crippen LogP contribution in [0.15, 0.2) is 17.2 Å². The van der Waals surface area contributed by atoms with Gasteiger partial charge in [0.15, 0.2) is 11.3 Å². The van der Waals surface area contributed by atoms with E-state index < -0.39 is 11.6 Å². The highest BCUT2D eigenvalue weighted by molar-refractivity contribution is 5.67. The molecule has 2 heterocycles. The maximum Gasteiger partial charge on any atom is 0.407 e. The van der Waals surface area contributed by atoms with E-state index >= 15 is 0 Å². The molecule has 0 saturated heterocycles. The number of hydrogen-bond acceptors (Lipinski definition) is 4. The highest BCUT2D eigenvalue weighted by Crippen LogP contribution is 2.38. The zero-order valence-corrected chi connectivity index (χ0v) is 16.1. The molecule has 8 heteroatoms. The number of amides is 1. The summed E-state index contributed by atoms with van der Waals surface area (Å²) < 4.78 is 3.60. The van der Waals surface area contributed by atoms with Crippen molar-refractivity contribution in [3.63, 3.8) is 0 Å². The highest BCUT2D eigenvalue weighted by atomic mass is 16.4. The van der Waals surface area contributed by atoms with Gasteiger partial charge in [0.1, 0.15) is 0 Å². The predicted molar refractivity (Wildman–Crippen MR) is 101 cm³/mol. The van der Waals surface area contributed by atoms with Gasteiger partial charge in [0.2, 0.25) is 0 Å². The first-order chi connectivity index (χ1) is 12.8. The molecule has 8 nitrogen and oxygen atoms in total. The molecule has 2 aliphatic carbocycles. The van der Waals surface area contributed by atoms with Crippen LogP contribution >= 0.6 is 0 Å². The van der Waals surface area contributed by atoms with Gasteiger partial charge in [0.25, 0.3) is 0 Å². The fourth-order valence-electron chi connectivity index (χ4n) is 4.52. The lowest BCUT2D eigenvalue weighted by Crippen LogP contribution is -2.52. The maximum absolute atomic E-state index is 13.1. The Kier molecular flexibility index (Phi) is 4.24. The largest absolute Gasteiger partial charge is 0.465 e. The van der Waals surface area contributed by atoms with Crippen molar-refractivity contribution in [1.29, 1.82) is 0 Å². The van der Waals surface area contributed by atoms with Gasteiger partial charge in [-0.25, -0.2) is 19.6 Å². The lowest BCUT2D eigenvalue weighted by molar-refractivity contribution is 0.0511. The van der Waals surface area contributed by atoms with Crippen molar-refractivity contribution in [2.24, 2.45) is 0 Å². The predicted octanol–water partition coefficient (Wildman–Crippen LogP) is 3.19. The van der Waals surface area contributed by atoms with Crippen LogP contribution in [0.5, 0.6) is 0 Å². The topological polar surface area (TPSA) is 93.2 Å². The van der Waals surface area contributed by atoms with Gasteiger partial charge in [0.05, 0.1) is 0 Å². The Labute approximate surface area is 157 Å². The summed E-state index contributed by atoms with van der Waals surface area (Å²) in [6.45, 7) is 5.78. The summed E-state index contributed by atoms with van der Waals surface area (Å²) in [5, 5.41) is 9.65. The summed E-state index contributed by atoms with van der Waals surface area (Å²) in [5.41, 5.74) is 0.874. The molecule has 2 aromatic heterocycles. The first-order valence-corrected chi connectivity index (χ1v) is 9.74. The van der Waals surface area contributed by atoms with Crippen molar-refractivity contribution >= 4 is 17.4 Å². The molecular weight excluding hydrogens is 346 g/mol. The van der Waals surface area contributed by atoms with Gasteiger partial charge < -0.3 is 10.0 Å². The number of fused-ring (bicyclic) bond motifs is 1. The van der Waals surface area contributed by atoms with Crippen molar-refractivity contribution < 1.29 is 9.90 Å². The van der Waals surface area contributed by atoms with Crippen LogP contribution < -0.4 is 5.69 Å². The minimum absolute atomic E-state index is 0.0164. The third-order valence-electron chi connectivity index (χ3n) is 5.77. The average molecular weight is 373 g/mol. The van der Waals surface area contributed by atoms with E-state index in [0.29, 0.717) is 11.3 Å². The molecular formula is C19H27N5O3. The van der Waals surface area contributed by atoms with Gasteiger partial charge in [-0.15, -0.1) is 0 Å². The van der Waals surface area contributed by atoms with E-state index in [2.05, 4.69) is 9.97 Å². The SMILES string of the molecule is CC(C)(C)N(C(=O)O)[C@H]1CC[C@H](n2c(=O)n(C3CC3)c3nccnc32)CC1. The third kappa shape index (κ3) is 3.11. The molecule has 2 aromatic rings. The van der Waals surface area contributed by atoms with Crippen molar-refractivity contribution in [2.75, 3.05) is 0 Å². The van der Waals surface area contributed by atoms with Gasteiger partial charge in [0, 0.05) is 36.1 Å². The average Bonchev–Trinajstić information content (AvgIpc) is 3.37. The summed E-state index contributed by atoms with van der Waals surface area (Å²) in [6, 6.07) is 0.276. The van der Waals surface area contributed by atoms with E-state index in [4.69, 9.17) is 0 Å². The summed E-state index contributed by atoms with van der Waals surface area (Å²) in [5.74, 6) is 0. The summed E-state index contributed by atoms with van der Waals surface area (Å²) >= 11 is 0. The molecule has 2 aliphatic rings. The van der Waals surface area contributed by atoms with Crippen LogP contribution in [0, 0.1) is 0 Å². The number of carbonyl (C=O) groups is 1. The van der Waals surface area contributed by atoms with Crippen molar-refractivity contribution in [3.05, 3.63) is 22.9 Å². The van der Waals surface area contributed by atoms with Crippen molar-refractivity contribution in [2.45, 2.75) is 83.0 Å². The molecule has 2 saturated carbocycles. The second-order valence-corrected chi connectivity index (χ2v) is 8.74. The molecule has 0 aromatic carbocycles. The summed E-state index contributed by atoms with van der Waals surface area (Å²) in [7, 11) is 0. The number of nitrogens with zero attached hydrogens (tertiary/aromatic N) is 5. The molecule has 0 bridgehead atoms. The zero-order chi connectivity index (χ0) is 19.3. The van der Waals surface area contributed by atoms with E-state index in [9.17, 15) is 14.7 Å². The number of aromatic nitrogens is 4. The molecule has 2 fully saturated rings. The standard InChI is InChI=1S/C19H27N5O3/c1-19(2,3)24(18(26)27)14-8-6-13(7-9-14)23-16-15(20-10-11-21-16)22(17(23)25)12-4-5-12/h10-14H,4-9H2,1-3H3,(H,26,27)/t13-,14-. The van der Waals surface area contributed by atoms with E-state index in [1.165, 1.54) is 0 Å². The van der Waals surface area contributed by atoms with Crippen LogP contribution in [0.3, 0.4) is 0 Å². The lowest BCUT2D eigenvalue weighted by atomic mass is 9.88. The first kappa shape index (κ1) is 18.0. The maximum atomic E-state index is 13.1.